The van der Waals surface area contributed by atoms with Gasteiger partial charge in [0.05, 0.1) is 0 Å². The summed E-state index contributed by atoms with van der Waals surface area (Å²) in [6, 6.07) is 11.5. The lowest BCUT2D eigenvalue weighted by molar-refractivity contribution is -0.116. The standard InChI is InChI=1S/C21H18Cl3N3O3/c1-12-18(6-7-28)21(30)27(20(25-12)13-2-4-14(22)5-3-13)11-19(29)26-17-9-15(23)8-16(24)10-17/h2-5,8-10,28H,6-7,11H2,1H3,(H,26,29). The zero-order valence-electron chi connectivity index (χ0n) is 16.0. The SMILES string of the molecule is Cc1nc(-c2ccc(Cl)cc2)n(CC(=O)Nc2cc(Cl)cc(Cl)c2)c(=O)c1CCO. The molecule has 156 valence electrons. The van der Waals surface area contributed by atoms with Crippen LogP contribution in [-0.2, 0) is 17.8 Å². The average Bonchev–Trinajstić information content (AvgIpc) is 2.67. The summed E-state index contributed by atoms with van der Waals surface area (Å²) in [7, 11) is 0. The van der Waals surface area contributed by atoms with Crippen LogP contribution in [0.2, 0.25) is 15.1 Å². The number of nitrogens with zero attached hydrogens (tertiary/aromatic N) is 2. The summed E-state index contributed by atoms with van der Waals surface area (Å²) in [6.07, 6.45) is 0.143. The van der Waals surface area contributed by atoms with Gasteiger partial charge in [0.2, 0.25) is 5.91 Å². The Hall–Kier alpha value is -2.38. The molecule has 0 unspecified atom stereocenters. The van der Waals surface area contributed by atoms with Gasteiger partial charge in [0.1, 0.15) is 12.4 Å². The molecular formula is C21H18Cl3N3O3. The third-order valence-corrected chi connectivity index (χ3v) is 5.07. The minimum absolute atomic E-state index is 0.143. The summed E-state index contributed by atoms with van der Waals surface area (Å²) < 4.78 is 1.28. The highest BCUT2D eigenvalue weighted by Gasteiger charge is 2.18. The molecule has 0 spiro atoms. The lowest BCUT2D eigenvalue weighted by atomic mass is 10.1. The number of hydrogen-bond donors (Lipinski definition) is 2. The molecule has 1 aromatic heterocycles. The molecule has 6 nitrogen and oxygen atoms in total. The van der Waals surface area contributed by atoms with E-state index in [1.54, 1.807) is 49.4 Å². The molecule has 0 radical (unpaired) electrons. The number of anilines is 1. The predicted molar refractivity (Wildman–Crippen MR) is 120 cm³/mol. The molecule has 1 amide bonds. The quantitative estimate of drug-likeness (QED) is 0.565. The van der Waals surface area contributed by atoms with Crippen molar-refractivity contribution in [2.75, 3.05) is 11.9 Å². The van der Waals surface area contributed by atoms with E-state index in [9.17, 15) is 14.7 Å². The van der Waals surface area contributed by atoms with Crippen LogP contribution in [0.5, 0.6) is 0 Å². The van der Waals surface area contributed by atoms with Crippen molar-refractivity contribution >= 4 is 46.4 Å². The first-order valence-electron chi connectivity index (χ1n) is 9.01. The molecule has 30 heavy (non-hydrogen) atoms. The largest absolute Gasteiger partial charge is 0.396 e. The summed E-state index contributed by atoms with van der Waals surface area (Å²) in [5, 5.41) is 13.3. The maximum absolute atomic E-state index is 13.1. The molecule has 0 saturated carbocycles. The number of hydrogen-bond acceptors (Lipinski definition) is 4. The van der Waals surface area contributed by atoms with Crippen LogP contribution < -0.4 is 10.9 Å². The van der Waals surface area contributed by atoms with E-state index in [4.69, 9.17) is 34.8 Å². The van der Waals surface area contributed by atoms with Crippen LogP contribution in [0.15, 0.2) is 47.3 Å². The van der Waals surface area contributed by atoms with E-state index < -0.39 is 5.91 Å². The normalized spacial score (nSPS) is 10.8. The summed E-state index contributed by atoms with van der Waals surface area (Å²) in [5.41, 5.74) is 1.51. The predicted octanol–water partition coefficient (Wildman–Crippen LogP) is 4.35. The molecule has 3 aromatic rings. The van der Waals surface area contributed by atoms with Crippen LogP contribution in [-0.4, -0.2) is 27.2 Å². The molecule has 0 fully saturated rings. The number of carbonyl (C=O) groups excluding carboxylic acids is 1. The smallest absolute Gasteiger partial charge is 0.257 e. The number of aliphatic hydroxyl groups is 1. The van der Waals surface area contributed by atoms with Crippen molar-refractivity contribution in [3.8, 4) is 11.4 Å². The Morgan fingerprint density at radius 1 is 1.07 bits per heavy atom. The third-order valence-electron chi connectivity index (χ3n) is 4.38. The topological polar surface area (TPSA) is 84.2 Å². The molecule has 9 heteroatoms. The van der Waals surface area contributed by atoms with Gasteiger partial charge < -0.3 is 10.4 Å². The van der Waals surface area contributed by atoms with E-state index in [2.05, 4.69) is 10.3 Å². The van der Waals surface area contributed by atoms with Gasteiger partial charge in [-0.15, -0.1) is 0 Å². The van der Waals surface area contributed by atoms with Crippen LogP contribution in [0, 0.1) is 6.92 Å². The molecule has 2 aromatic carbocycles. The van der Waals surface area contributed by atoms with Gasteiger partial charge in [-0.25, -0.2) is 4.98 Å². The second-order valence-corrected chi connectivity index (χ2v) is 7.89. The molecule has 0 aliphatic carbocycles. The number of rotatable bonds is 6. The van der Waals surface area contributed by atoms with E-state index in [-0.39, 0.29) is 25.1 Å². The average molecular weight is 467 g/mol. The minimum atomic E-state index is -0.453. The van der Waals surface area contributed by atoms with Crippen LogP contribution in [0.1, 0.15) is 11.3 Å². The summed E-state index contributed by atoms with van der Waals surface area (Å²) in [6.45, 7) is 1.21. The second kappa shape index (κ2) is 9.62. The number of aliphatic hydroxyl groups excluding tert-OH is 1. The van der Waals surface area contributed by atoms with Crippen molar-refractivity contribution in [3.05, 3.63) is 79.1 Å². The van der Waals surface area contributed by atoms with Gasteiger partial charge >= 0.3 is 0 Å². The maximum Gasteiger partial charge on any atom is 0.257 e. The van der Waals surface area contributed by atoms with Gasteiger partial charge in [-0.3, -0.25) is 14.2 Å². The third kappa shape index (κ3) is 5.21. The number of aryl methyl sites for hydroxylation is 1. The summed E-state index contributed by atoms with van der Waals surface area (Å²) >= 11 is 17.9. The Labute approximate surface area is 188 Å². The molecule has 0 saturated heterocycles. The molecule has 3 rings (SSSR count). The number of aromatic nitrogens is 2. The fraction of sp³-hybridized carbons (Fsp3) is 0.190. The molecule has 0 aliphatic rings. The Morgan fingerprint density at radius 3 is 2.30 bits per heavy atom. The lowest BCUT2D eigenvalue weighted by Crippen LogP contribution is -2.33. The number of carbonyl (C=O) groups is 1. The van der Waals surface area contributed by atoms with Crippen molar-refractivity contribution in [2.24, 2.45) is 0 Å². The number of amides is 1. The Morgan fingerprint density at radius 2 is 1.70 bits per heavy atom. The zero-order valence-corrected chi connectivity index (χ0v) is 18.2. The molecule has 0 bridgehead atoms. The highest BCUT2D eigenvalue weighted by atomic mass is 35.5. The van der Waals surface area contributed by atoms with Gasteiger partial charge in [-0.2, -0.15) is 0 Å². The van der Waals surface area contributed by atoms with E-state index in [0.29, 0.717) is 43.4 Å². The van der Waals surface area contributed by atoms with E-state index >= 15 is 0 Å². The monoisotopic (exact) mass is 465 g/mol. The number of halogens is 3. The van der Waals surface area contributed by atoms with E-state index in [1.807, 2.05) is 0 Å². The number of benzene rings is 2. The lowest BCUT2D eigenvalue weighted by Gasteiger charge is -2.16. The van der Waals surface area contributed by atoms with Gasteiger partial charge in [0.15, 0.2) is 0 Å². The van der Waals surface area contributed by atoms with Crippen molar-refractivity contribution in [2.45, 2.75) is 19.9 Å². The fourth-order valence-electron chi connectivity index (χ4n) is 3.04. The first-order valence-corrected chi connectivity index (χ1v) is 10.1. The molecule has 0 atom stereocenters. The second-order valence-electron chi connectivity index (χ2n) is 6.58. The van der Waals surface area contributed by atoms with Gasteiger partial charge in [-0.05, 0) is 49.4 Å². The van der Waals surface area contributed by atoms with Crippen molar-refractivity contribution < 1.29 is 9.90 Å². The van der Waals surface area contributed by atoms with Gasteiger partial charge in [-0.1, -0.05) is 34.8 Å². The highest BCUT2D eigenvalue weighted by Crippen LogP contribution is 2.23. The number of nitrogens with one attached hydrogen (secondary N) is 1. The van der Waals surface area contributed by atoms with Crippen LogP contribution >= 0.6 is 34.8 Å². The fourth-order valence-corrected chi connectivity index (χ4v) is 3.69. The molecule has 0 aliphatic heterocycles. The first-order chi connectivity index (χ1) is 14.3. The van der Waals surface area contributed by atoms with E-state index in [1.165, 1.54) is 4.57 Å². The van der Waals surface area contributed by atoms with Crippen LogP contribution in [0.3, 0.4) is 0 Å². The van der Waals surface area contributed by atoms with Crippen molar-refractivity contribution in [1.29, 1.82) is 0 Å². The molecular weight excluding hydrogens is 449 g/mol. The van der Waals surface area contributed by atoms with Crippen LogP contribution in [0.25, 0.3) is 11.4 Å². The molecule has 2 N–H and O–H groups in total. The van der Waals surface area contributed by atoms with Crippen molar-refractivity contribution in [1.82, 2.24) is 9.55 Å². The maximum atomic E-state index is 13.1. The van der Waals surface area contributed by atoms with E-state index in [0.717, 1.165) is 0 Å². The van der Waals surface area contributed by atoms with Crippen LogP contribution in [0.4, 0.5) is 5.69 Å². The Bertz CT molecular complexity index is 1120. The summed E-state index contributed by atoms with van der Waals surface area (Å²) in [5.74, 6) is -0.124. The highest BCUT2D eigenvalue weighted by molar-refractivity contribution is 6.35. The Balaban J connectivity index is 2.02. The van der Waals surface area contributed by atoms with Gasteiger partial charge in [0, 0.05) is 50.6 Å². The zero-order chi connectivity index (χ0) is 21.8. The summed E-state index contributed by atoms with van der Waals surface area (Å²) in [4.78, 5) is 30.3. The Kier molecular flexibility index (Phi) is 7.15. The minimum Gasteiger partial charge on any atom is -0.396 e. The van der Waals surface area contributed by atoms with Gasteiger partial charge in [0.25, 0.3) is 5.56 Å². The molecule has 1 heterocycles. The first kappa shape index (κ1) is 22.3. The van der Waals surface area contributed by atoms with Crippen molar-refractivity contribution in [3.63, 3.8) is 0 Å².